The topological polar surface area (TPSA) is 68.0 Å². The largest absolute Gasteiger partial charge is 0.481 e. The molecule has 0 atom stereocenters. The van der Waals surface area contributed by atoms with Gasteiger partial charge in [-0.3, -0.25) is 4.79 Å². The Kier molecular flexibility index (Phi) is 4.22. The molecule has 2 rings (SSSR count). The van der Waals surface area contributed by atoms with Crippen molar-refractivity contribution in [1.82, 2.24) is 14.8 Å². The average Bonchev–Trinajstić information content (AvgIpc) is 2.76. The van der Waals surface area contributed by atoms with E-state index >= 15 is 0 Å². The predicted molar refractivity (Wildman–Crippen MR) is 71.7 cm³/mol. The predicted octanol–water partition coefficient (Wildman–Crippen LogP) is 2.51. The molecule has 1 aliphatic rings. The number of carboxylic acids is 1. The molecular formula is C14H23N3O2. The van der Waals surface area contributed by atoms with Gasteiger partial charge in [-0.2, -0.15) is 5.10 Å². The molecular weight excluding hydrogens is 242 g/mol. The monoisotopic (exact) mass is 265 g/mol. The molecule has 106 valence electrons. The van der Waals surface area contributed by atoms with Crippen molar-refractivity contribution in [2.45, 2.75) is 58.9 Å². The minimum Gasteiger partial charge on any atom is -0.481 e. The average molecular weight is 265 g/mol. The highest BCUT2D eigenvalue weighted by Gasteiger charge is 2.40. The molecule has 0 saturated heterocycles. The van der Waals surface area contributed by atoms with Crippen LogP contribution in [0.5, 0.6) is 0 Å². The van der Waals surface area contributed by atoms with Gasteiger partial charge in [0.2, 0.25) is 0 Å². The van der Waals surface area contributed by atoms with E-state index in [-0.39, 0.29) is 0 Å². The molecule has 0 aromatic carbocycles. The van der Waals surface area contributed by atoms with Crippen LogP contribution in [-0.2, 0) is 17.8 Å². The zero-order valence-electron chi connectivity index (χ0n) is 11.8. The van der Waals surface area contributed by atoms with Crippen LogP contribution in [0, 0.1) is 11.3 Å². The molecule has 5 nitrogen and oxygen atoms in total. The van der Waals surface area contributed by atoms with Gasteiger partial charge in [0.1, 0.15) is 12.2 Å². The highest BCUT2D eigenvalue weighted by Crippen LogP contribution is 2.39. The van der Waals surface area contributed by atoms with E-state index in [1.807, 2.05) is 4.68 Å². The standard InChI is InChI=1S/C14H23N3O2/c1-11(2)9-17-12(15-10-16-17)8-14(13(18)19)6-4-3-5-7-14/h10-11H,3-9H2,1-2H3,(H,18,19). The van der Waals surface area contributed by atoms with E-state index in [4.69, 9.17) is 0 Å². The van der Waals surface area contributed by atoms with Crippen molar-refractivity contribution < 1.29 is 9.90 Å². The van der Waals surface area contributed by atoms with Gasteiger partial charge in [0.15, 0.2) is 0 Å². The SMILES string of the molecule is CC(C)Cn1ncnc1CC1(C(=O)O)CCCCC1. The third-order valence-corrected chi connectivity index (χ3v) is 3.99. The zero-order valence-corrected chi connectivity index (χ0v) is 11.8. The Morgan fingerprint density at radius 1 is 1.42 bits per heavy atom. The first-order chi connectivity index (χ1) is 9.03. The molecule has 1 saturated carbocycles. The van der Waals surface area contributed by atoms with Gasteiger partial charge >= 0.3 is 5.97 Å². The smallest absolute Gasteiger partial charge is 0.310 e. The van der Waals surface area contributed by atoms with Crippen molar-refractivity contribution in [2.24, 2.45) is 11.3 Å². The Bertz CT molecular complexity index is 434. The van der Waals surface area contributed by atoms with Crippen LogP contribution in [0.15, 0.2) is 6.33 Å². The van der Waals surface area contributed by atoms with Gasteiger partial charge in [0.05, 0.1) is 5.41 Å². The summed E-state index contributed by atoms with van der Waals surface area (Å²) in [4.78, 5) is 16.0. The molecule has 0 amide bonds. The van der Waals surface area contributed by atoms with Gasteiger partial charge in [0.25, 0.3) is 0 Å². The van der Waals surface area contributed by atoms with E-state index in [2.05, 4.69) is 23.9 Å². The van der Waals surface area contributed by atoms with Crippen LogP contribution >= 0.6 is 0 Å². The second-order valence-electron chi connectivity index (χ2n) is 6.08. The van der Waals surface area contributed by atoms with Gasteiger partial charge in [-0.05, 0) is 18.8 Å². The molecule has 1 aliphatic carbocycles. The molecule has 1 aromatic heterocycles. The zero-order chi connectivity index (χ0) is 13.9. The van der Waals surface area contributed by atoms with Crippen molar-refractivity contribution in [3.63, 3.8) is 0 Å². The Morgan fingerprint density at radius 2 is 2.11 bits per heavy atom. The summed E-state index contributed by atoms with van der Waals surface area (Å²) in [7, 11) is 0. The van der Waals surface area contributed by atoms with Gasteiger partial charge in [0, 0.05) is 13.0 Å². The number of hydrogen-bond acceptors (Lipinski definition) is 3. The third-order valence-electron chi connectivity index (χ3n) is 3.99. The first-order valence-electron chi connectivity index (χ1n) is 7.13. The summed E-state index contributed by atoms with van der Waals surface area (Å²) in [5, 5.41) is 13.8. The molecule has 0 aliphatic heterocycles. The highest BCUT2D eigenvalue weighted by atomic mass is 16.4. The summed E-state index contributed by atoms with van der Waals surface area (Å²) < 4.78 is 1.87. The summed E-state index contributed by atoms with van der Waals surface area (Å²) >= 11 is 0. The van der Waals surface area contributed by atoms with Gasteiger partial charge in [-0.25, -0.2) is 9.67 Å². The Labute approximate surface area is 114 Å². The Balaban J connectivity index is 2.17. The van der Waals surface area contributed by atoms with Crippen molar-refractivity contribution in [2.75, 3.05) is 0 Å². The first-order valence-corrected chi connectivity index (χ1v) is 7.13. The summed E-state index contributed by atoms with van der Waals surface area (Å²) in [5.74, 6) is 0.622. The second-order valence-corrected chi connectivity index (χ2v) is 6.08. The van der Waals surface area contributed by atoms with Crippen LogP contribution in [0.3, 0.4) is 0 Å². The Morgan fingerprint density at radius 3 is 2.68 bits per heavy atom. The number of hydrogen-bond donors (Lipinski definition) is 1. The second kappa shape index (κ2) is 5.72. The minimum absolute atomic E-state index is 0.479. The number of nitrogens with zero attached hydrogens (tertiary/aromatic N) is 3. The minimum atomic E-state index is -0.675. The van der Waals surface area contributed by atoms with E-state index < -0.39 is 11.4 Å². The lowest BCUT2D eigenvalue weighted by molar-refractivity contribution is -0.151. The lowest BCUT2D eigenvalue weighted by atomic mass is 9.71. The molecule has 0 unspecified atom stereocenters. The summed E-state index contributed by atoms with van der Waals surface area (Å²) in [6.07, 6.45) is 6.72. The van der Waals surface area contributed by atoms with E-state index in [0.717, 1.165) is 44.5 Å². The molecule has 0 bridgehead atoms. The lowest BCUT2D eigenvalue weighted by Gasteiger charge is -2.32. The fourth-order valence-corrected chi connectivity index (χ4v) is 2.92. The van der Waals surface area contributed by atoms with Crippen molar-refractivity contribution >= 4 is 5.97 Å². The van der Waals surface area contributed by atoms with Gasteiger partial charge in [-0.15, -0.1) is 0 Å². The number of carboxylic acid groups (broad SMARTS) is 1. The van der Waals surface area contributed by atoms with Crippen molar-refractivity contribution in [1.29, 1.82) is 0 Å². The number of aromatic nitrogens is 3. The van der Waals surface area contributed by atoms with Crippen LogP contribution in [-0.4, -0.2) is 25.8 Å². The van der Waals surface area contributed by atoms with Crippen molar-refractivity contribution in [3.8, 4) is 0 Å². The third kappa shape index (κ3) is 3.14. The molecule has 1 fully saturated rings. The van der Waals surface area contributed by atoms with Crippen LogP contribution in [0.25, 0.3) is 0 Å². The fourth-order valence-electron chi connectivity index (χ4n) is 2.92. The molecule has 1 heterocycles. The quantitative estimate of drug-likeness (QED) is 0.888. The maximum Gasteiger partial charge on any atom is 0.310 e. The molecule has 1 aromatic rings. The highest BCUT2D eigenvalue weighted by molar-refractivity contribution is 5.75. The van der Waals surface area contributed by atoms with Crippen molar-refractivity contribution in [3.05, 3.63) is 12.2 Å². The number of rotatable bonds is 5. The Hall–Kier alpha value is -1.39. The lowest BCUT2D eigenvalue weighted by Crippen LogP contribution is -2.36. The molecule has 5 heteroatoms. The van der Waals surface area contributed by atoms with E-state index in [0.29, 0.717) is 12.3 Å². The molecule has 1 N–H and O–H groups in total. The molecule has 19 heavy (non-hydrogen) atoms. The normalized spacial score (nSPS) is 18.7. The molecule has 0 radical (unpaired) electrons. The maximum absolute atomic E-state index is 11.7. The van der Waals surface area contributed by atoms with E-state index in [1.54, 1.807) is 0 Å². The number of carbonyl (C=O) groups is 1. The van der Waals surface area contributed by atoms with Gasteiger partial charge in [-0.1, -0.05) is 33.1 Å². The summed E-state index contributed by atoms with van der Waals surface area (Å²) in [6, 6.07) is 0. The first kappa shape index (κ1) is 14.0. The summed E-state index contributed by atoms with van der Waals surface area (Å²) in [6.45, 7) is 5.04. The van der Waals surface area contributed by atoms with Crippen LogP contribution < -0.4 is 0 Å². The van der Waals surface area contributed by atoms with Gasteiger partial charge < -0.3 is 5.11 Å². The maximum atomic E-state index is 11.7. The van der Waals surface area contributed by atoms with Crippen LogP contribution in [0.1, 0.15) is 51.8 Å². The van der Waals surface area contributed by atoms with E-state index in [1.165, 1.54) is 6.33 Å². The number of aliphatic carboxylic acids is 1. The summed E-state index contributed by atoms with van der Waals surface area (Å²) in [5.41, 5.74) is -0.625. The van der Waals surface area contributed by atoms with E-state index in [9.17, 15) is 9.90 Å². The van der Waals surface area contributed by atoms with Crippen LogP contribution in [0.4, 0.5) is 0 Å². The molecule has 0 spiro atoms. The fraction of sp³-hybridized carbons (Fsp3) is 0.786. The van der Waals surface area contributed by atoms with Crippen LogP contribution in [0.2, 0.25) is 0 Å².